The van der Waals surface area contributed by atoms with Crippen LogP contribution in [0.3, 0.4) is 0 Å². The van der Waals surface area contributed by atoms with E-state index in [1.165, 1.54) is 37.9 Å². The van der Waals surface area contributed by atoms with E-state index >= 15 is 0 Å². The first-order valence-corrected chi connectivity index (χ1v) is 7.31. The molecule has 0 saturated heterocycles. The lowest BCUT2D eigenvalue weighted by Crippen LogP contribution is -2.46. The number of fused-ring (bicyclic) bond motifs is 2. The molecule has 17 heavy (non-hydrogen) atoms. The van der Waals surface area contributed by atoms with Gasteiger partial charge in [0.25, 0.3) is 0 Å². The van der Waals surface area contributed by atoms with Crippen LogP contribution < -0.4 is 0 Å². The minimum Gasteiger partial charge on any atom is -0.497 e. The molecule has 1 fully saturated rings. The summed E-state index contributed by atoms with van der Waals surface area (Å²) in [7, 11) is 0. The van der Waals surface area contributed by atoms with Gasteiger partial charge in [0.2, 0.25) is 0 Å². The largest absolute Gasteiger partial charge is 0.497 e. The molecule has 3 aliphatic rings. The number of ether oxygens (including phenoxy) is 1. The van der Waals surface area contributed by atoms with Gasteiger partial charge < -0.3 is 4.74 Å². The van der Waals surface area contributed by atoms with Crippen molar-refractivity contribution >= 4 is 0 Å². The van der Waals surface area contributed by atoms with E-state index < -0.39 is 0 Å². The zero-order valence-corrected chi connectivity index (χ0v) is 11.8. The fourth-order valence-electron chi connectivity index (χ4n) is 5.00. The maximum absolute atomic E-state index is 5.93. The third-order valence-corrected chi connectivity index (χ3v) is 5.86. The van der Waals surface area contributed by atoms with E-state index in [0.717, 1.165) is 12.5 Å². The Morgan fingerprint density at radius 2 is 1.94 bits per heavy atom. The van der Waals surface area contributed by atoms with Gasteiger partial charge >= 0.3 is 0 Å². The maximum Gasteiger partial charge on any atom is 0.0986 e. The number of hydrogen-bond donors (Lipinski definition) is 0. The van der Waals surface area contributed by atoms with Gasteiger partial charge in [-0.25, -0.2) is 0 Å². The Kier molecular flexibility index (Phi) is 2.41. The SMILES string of the molecule is C[C@H]1C[C@H]2C(C)(C)CCC[C@]2(C)C2=C1OCC2. The Morgan fingerprint density at radius 1 is 1.18 bits per heavy atom. The lowest BCUT2D eigenvalue weighted by Gasteiger charge is -2.55. The number of allylic oxidation sites excluding steroid dienone is 1. The lowest BCUT2D eigenvalue weighted by atomic mass is 9.49. The van der Waals surface area contributed by atoms with Gasteiger partial charge in [-0.05, 0) is 41.6 Å². The molecule has 0 unspecified atom stereocenters. The van der Waals surface area contributed by atoms with E-state index in [2.05, 4.69) is 27.7 Å². The van der Waals surface area contributed by atoms with E-state index in [9.17, 15) is 0 Å². The predicted octanol–water partition coefficient (Wildman–Crippen LogP) is 4.53. The molecule has 0 amide bonds. The number of rotatable bonds is 0. The summed E-state index contributed by atoms with van der Waals surface area (Å²) in [6.07, 6.45) is 6.72. The Labute approximate surface area is 106 Å². The summed E-state index contributed by atoms with van der Waals surface area (Å²) in [5.74, 6) is 2.89. The Balaban J connectivity index is 2.06. The van der Waals surface area contributed by atoms with Gasteiger partial charge in [-0.1, -0.05) is 34.1 Å². The molecule has 96 valence electrons. The van der Waals surface area contributed by atoms with Crippen LogP contribution in [-0.4, -0.2) is 6.61 Å². The van der Waals surface area contributed by atoms with Crippen molar-refractivity contribution in [1.29, 1.82) is 0 Å². The molecular weight excluding hydrogens is 208 g/mol. The lowest BCUT2D eigenvalue weighted by molar-refractivity contribution is -0.00412. The van der Waals surface area contributed by atoms with E-state index in [1.807, 2.05) is 0 Å². The van der Waals surface area contributed by atoms with E-state index in [-0.39, 0.29) is 0 Å². The van der Waals surface area contributed by atoms with E-state index in [1.54, 1.807) is 5.57 Å². The van der Waals surface area contributed by atoms with Gasteiger partial charge in [0.1, 0.15) is 0 Å². The van der Waals surface area contributed by atoms with Gasteiger partial charge in [-0.2, -0.15) is 0 Å². The molecule has 1 aliphatic heterocycles. The van der Waals surface area contributed by atoms with Crippen LogP contribution in [0.1, 0.15) is 59.8 Å². The summed E-state index contributed by atoms with van der Waals surface area (Å²) < 4.78 is 5.93. The normalized spacial score (nSPS) is 44.0. The highest BCUT2D eigenvalue weighted by Gasteiger charge is 2.53. The van der Waals surface area contributed by atoms with Gasteiger partial charge in [0, 0.05) is 12.3 Å². The Hall–Kier alpha value is -0.460. The van der Waals surface area contributed by atoms with Crippen LogP contribution in [0, 0.1) is 22.7 Å². The molecule has 1 heteroatoms. The van der Waals surface area contributed by atoms with Crippen molar-refractivity contribution in [2.75, 3.05) is 6.61 Å². The molecule has 0 aromatic carbocycles. The summed E-state index contributed by atoms with van der Waals surface area (Å²) in [5.41, 5.74) is 2.65. The summed E-state index contributed by atoms with van der Waals surface area (Å²) in [4.78, 5) is 0. The zero-order valence-electron chi connectivity index (χ0n) is 11.8. The topological polar surface area (TPSA) is 9.23 Å². The summed E-state index contributed by atoms with van der Waals surface area (Å²) in [6.45, 7) is 10.8. The molecule has 3 atom stereocenters. The van der Waals surface area contributed by atoms with Crippen molar-refractivity contribution in [2.45, 2.75) is 59.8 Å². The third kappa shape index (κ3) is 1.50. The summed E-state index contributed by atoms with van der Waals surface area (Å²) in [5, 5.41) is 0. The van der Waals surface area contributed by atoms with Gasteiger partial charge in [0.05, 0.1) is 12.4 Å². The van der Waals surface area contributed by atoms with E-state index in [4.69, 9.17) is 4.74 Å². The van der Waals surface area contributed by atoms with E-state index in [0.29, 0.717) is 16.7 Å². The first-order valence-electron chi connectivity index (χ1n) is 7.31. The number of hydrogen-bond acceptors (Lipinski definition) is 1. The predicted molar refractivity (Wildman–Crippen MR) is 70.6 cm³/mol. The highest BCUT2D eigenvalue weighted by molar-refractivity contribution is 5.29. The summed E-state index contributed by atoms with van der Waals surface area (Å²) in [6, 6.07) is 0. The zero-order chi connectivity index (χ0) is 12.3. The molecule has 0 spiro atoms. The van der Waals surface area contributed by atoms with Crippen LogP contribution >= 0.6 is 0 Å². The van der Waals surface area contributed by atoms with Crippen molar-refractivity contribution in [1.82, 2.24) is 0 Å². The molecule has 1 nitrogen and oxygen atoms in total. The van der Waals surface area contributed by atoms with Gasteiger partial charge in [0.15, 0.2) is 0 Å². The molecule has 0 N–H and O–H groups in total. The first-order chi connectivity index (χ1) is 7.95. The van der Waals surface area contributed by atoms with Crippen molar-refractivity contribution in [3.05, 3.63) is 11.3 Å². The molecule has 0 aromatic heterocycles. The monoisotopic (exact) mass is 234 g/mol. The van der Waals surface area contributed by atoms with Crippen LogP contribution in [0.15, 0.2) is 11.3 Å². The van der Waals surface area contributed by atoms with Crippen LogP contribution in [0.2, 0.25) is 0 Å². The molecule has 2 aliphatic carbocycles. The fourth-order valence-corrected chi connectivity index (χ4v) is 5.00. The molecule has 0 radical (unpaired) electrons. The van der Waals surface area contributed by atoms with Crippen molar-refractivity contribution in [3.63, 3.8) is 0 Å². The summed E-state index contributed by atoms with van der Waals surface area (Å²) >= 11 is 0. The Morgan fingerprint density at radius 3 is 2.71 bits per heavy atom. The van der Waals surface area contributed by atoms with Crippen LogP contribution in [0.5, 0.6) is 0 Å². The quantitative estimate of drug-likeness (QED) is 0.598. The van der Waals surface area contributed by atoms with Crippen molar-refractivity contribution in [2.24, 2.45) is 22.7 Å². The average molecular weight is 234 g/mol. The molecule has 0 aromatic rings. The highest BCUT2D eigenvalue weighted by Crippen LogP contribution is 2.62. The third-order valence-electron chi connectivity index (χ3n) is 5.86. The van der Waals surface area contributed by atoms with Gasteiger partial charge in [-0.3, -0.25) is 0 Å². The van der Waals surface area contributed by atoms with Crippen molar-refractivity contribution < 1.29 is 4.74 Å². The minimum atomic E-state index is 0.445. The van der Waals surface area contributed by atoms with Crippen LogP contribution in [0.4, 0.5) is 0 Å². The smallest absolute Gasteiger partial charge is 0.0986 e. The Bertz CT molecular complexity index is 366. The fraction of sp³-hybridized carbons (Fsp3) is 0.875. The standard InChI is InChI=1S/C16H26O/c1-11-10-13-15(2,3)7-5-8-16(13,4)12-6-9-17-14(11)12/h11,13H,5-10H2,1-4H3/t11-,13-,16+/m0/s1. The first kappa shape index (κ1) is 11.6. The van der Waals surface area contributed by atoms with Crippen molar-refractivity contribution in [3.8, 4) is 0 Å². The molecular formula is C16H26O. The van der Waals surface area contributed by atoms with Gasteiger partial charge in [-0.15, -0.1) is 0 Å². The second-order valence-electron chi connectivity index (χ2n) is 7.39. The molecule has 3 rings (SSSR count). The molecule has 1 heterocycles. The molecule has 0 bridgehead atoms. The van der Waals surface area contributed by atoms with Crippen LogP contribution in [-0.2, 0) is 4.74 Å². The average Bonchev–Trinajstić information content (AvgIpc) is 2.71. The second-order valence-corrected chi connectivity index (χ2v) is 7.39. The highest BCUT2D eigenvalue weighted by atomic mass is 16.5. The molecule has 1 saturated carbocycles. The second kappa shape index (κ2) is 3.52. The maximum atomic E-state index is 5.93. The minimum absolute atomic E-state index is 0.445. The van der Waals surface area contributed by atoms with Crippen LogP contribution in [0.25, 0.3) is 0 Å².